The van der Waals surface area contributed by atoms with Crippen LogP contribution >= 0.6 is 11.8 Å². The van der Waals surface area contributed by atoms with Gasteiger partial charge in [-0.25, -0.2) is 8.78 Å². The van der Waals surface area contributed by atoms with Gasteiger partial charge in [0.1, 0.15) is 17.3 Å². The van der Waals surface area contributed by atoms with Crippen LogP contribution in [0.1, 0.15) is 32.8 Å². The third-order valence-electron chi connectivity index (χ3n) is 3.52. The zero-order valence-corrected chi connectivity index (χ0v) is 14.4. The van der Waals surface area contributed by atoms with Crippen molar-refractivity contribution in [1.82, 2.24) is 5.32 Å². The molecule has 0 aliphatic heterocycles. The molecule has 5 heteroatoms. The summed E-state index contributed by atoms with van der Waals surface area (Å²) in [4.78, 5) is 1.72. The number of hydrogen-bond donors (Lipinski definition) is 1. The van der Waals surface area contributed by atoms with Crippen molar-refractivity contribution < 1.29 is 8.78 Å². The molecule has 1 atom stereocenters. The lowest BCUT2D eigenvalue weighted by atomic mass is 10.1. The van der Waals surface area contributed by atoms with E-state index in [-0.39, 0.29) is 17.8 Å². The number of thioether (sulfide) groups is 1. The third-order valence-corrected chi connectivity index (χ3v) is 4.24. The smallest absolute Gasteiger partial charge is 0.149 e. The lowest BCUT2D eigenvalue weighted by Crippen LogP contribution is -2.34. The topological polar surface area (TPSA) is 15.3 Å². The van der Waals surface area contributed by atoms with Crippen molar-refractivity contribution in [2.75, 3.05) is 24.0 Å². The van der Waals surface area contributed by atoms with Gasteiger partial charge in [0.25, 0.3) is 0 Å². The Balaban J connectivity index is 2.98. The number of hydrogen-bond acceptors (Lipinski definition) is 3. The van der Waals surface area contributed by atoms with E-state index in [2.05, 4.69) is 5.32 Å². The fourth-order valence-corrected chi connectivity index (χ4v) is 3.10. The fourth-order valence-electron chi connectivity index (χ4n) is 2.26. The van der Waals surface area contributed by atoms with Crippen LogP contribution in [0.4, 0.5) is 14.5 Å². The Morgan fingerprint density at radius 3 is 2.24 bits per heavy atom. The molecule has 0 fully saturated rings. The number of nitrogens with zero attached hydrogens (tertiary/aromatic N) is 1. The molecule has 120 valence electrons. The molecule has 0 radical (unpaired) electrons. The molecular formula is C16H26F2N2S. The van der Waals surface area contributed by atoms with Gasteiger partial charge in [-0.15, -0.1) is 0 Å². The molecule has 0 spiro atoms. The van der Waals surface area contributed by atoms with E-state index in [0.29, 0.717) is 12.1 Å². The monoisotopic (exact) mass is 316 g/mol. The molecule has 0 saturated heterocycles. The predicted molar refractivity (Wildman–Crippen MR) is 89.2 cm³/mol. The Morgan fingerprint density at radius 2 is 1.81 bits per heavy atom. The summed E-state index contributed by atoms with van der Waals surface area (Å²) in [6.45, 7) is 6.51. The van der Waals surface area contributed by atoms with Crippen LogP contribution in [0.3, 0.4) is 0 Å². The normalized spacial score (nSPS) is 12.8. The summed E-state index contributed by atoms with van der Waals surface area (Å²) in [7, 11) is 1.76. The van der Waals surface area contributed by atoms with Gasteiger partial charge in [0.15, 0.2) is 0 Å². The Bertz CT molecular complexity index is 429. The Labute approximate surface area is 131 Å². The maximum Gasteiger partial charge on any atom is 0.149 e. The highest BCUT2D eigenvalue weighted by molar-refractivity contribution is 7.98. The van der Waals surface area contributed by atoms with E-state index in [1.807, 2.05) is 27.0 Å². The zero-order valence-electron chi connectivity index (χ0n) is 13.5. The van der Waals surface area contributed by atoms with Crippen molar-refractivity contribution in [3.05, 3.63) is 29.3 Å². The first-order chi connectivity index (χ1) is 9.90. The summed E-state index contributed by atoms with van der Waals surface area (Å²) in [5.41, 5.74) is 0.706. The van der Waals surface area contributed by atoms with Crippen LogP contribution in [0, 0.1) is 11.6 Å². The van der Waals surface area contributed by atoms with Crippen LogP contribution in [0.15, 0.2) is 12.1 Å². The van der Waals surface area contributed by atoms with Gasteiger partial charge >= 0.3 is 0 Å². The molecule has 1 unspecified atom stereocenters. The molecule has 1 aromatic carbocycles. The predicted octanol–water partition coefficient (Wildman–Crippen LogP) is 4.04. The van der Waals surface area contributed by atoms with E-state index in [9.17, 15) is 8.78 Å². The molecule has 0 amide bonds. The first-order valence-corrected chi connectivity index (χ1v) is 8.73. The molecule has 0 heterocycles. The first-order valence-electron chi connectivity index (χ1n) is 7.33. The second-order valence-corrected chi connectivity index (χ2v) is 6.48. The van der Waals surface area contributed by atoms with E-state index < -0.39 is 11.6 Å². The van der Waals surface area contributed by atoms with E-state index in [1.54, 1.807) is 23.7 Å². The van der Waals surface area contributed by atoms with Gasteiger partial charge in [0.2, 0.25) is 0 Å². The molecule has 0 aliphatic carbocycles. The van der Waals surface area contributed by atoms with Gasteiger partial charge < -0.3 is 10.2 Å². The number of nitrogens with one attached hydrogen (secondary N) is 1. The second-order valence-electron chi connectivity index (χ2n) is 5.57. The average molecular weight is 316 g/mol. The summed E-state index contributed by atoms with van der Waals surface area (Å²) >= 11 is 1.69. The van der Waals surface area contributed by atoms with Crippen molar-refractivity contribution in [3.8, 4) is 0 Å². The van der Waals surface area contributed by atoms with E-state index >= 15 is 0 Å². The van der Waals surface area contributed by atoms with Gasteiger partial charge in [0, 0.05) is 31.4 Å². The maximum atomic E-state index is 14.3. The zero-order chi connectivity index (χ0) is 16.0. The van der Waals surface area contributed by atoms with E-state index in [4.69, 9.17) is 0 Å². The van der Waals surface area contributed by atoms with Crippen molar-refractivity contribution in [2.45, 2.75) is 45.8 Å². The average Bonchev–Trinajstić information content (AvgIpc) is 2.41. The summed E-state index contributed by atoms with van der Waals surface area (Å²) < 4.78 is 28.6. The van der Waals surface area contributed by atoms with Crippen LogP contribution in [-0.2, 0) is 6.54 Å². The quantitative estimate of drug-likeness (QED) is 0.779. The lowest BCUT2D eigenvalue weighted by Gasteiger charge is -2.29. The summed E-state index contributed by atoms with van der Waals surface area (Å²) in [5.74, 6) is -0.127. The van der Waals surface area contributed by atoms with Crippen molar-refractivity contribution in [2.24, 2.45) is 0 Å². The molecule has 2 nitrogen and oxygen atoms in total. The molecule has 0 bridgehead atoms. The van der Waals surface area contributed by atoms with Crippen molar-refractivity contribution >= 4 is 17.4 Å². The fraction of sp³-hybridized carbons (Fsp3) is 0.625. The van der Waals surface area contributed by atoms with Crippen LogP contribution in [0.5, 0.6) is 0 Å². The first kappa shape index (κ1) is 18.2. The highest BCUT2D eigenvalue weighted by Crippen LogP contribution is 2.27. The van der Waals surface area contributed by atoms with E-state index in [1.165, 1.54) is 12.1 Å². The molecule has 1 aromatic rings. The number of benzene rings is 1. The minimum absolute atomic E-state index is 0.0733. The molecule has 21 heavy (non-hydrogen) atoms. The van der Waals surface area contributed by atoms with Gasteiger partial charge in [-0.05, 0) is 30.4 Å². The van der Waals surface area contributed by atoms with Gasteiger partial charge in [-0.3, -0.25) is 0 Å². The lowest BCUT2D eigenvalue weighted by molar-refractivity contribution is 0.546. The Kier molecular flexibility index (Phi) is 7.46. The summed E-state index contributed by atoms with van der Waals surface area (Å²) in [5, 5.41) is 3.17. The van der Waals surface area contributed by atoms with Crippen LogP contribution < -0.4 is 10.2 Å². The summed E-state index contributed by atoms with van der Waals surface area (Å²) in [6, 6.07) is 3.26. The van der Waals surface area contributed by atoms with Gasteiger partial charge in [-0.1, -0.05) is 20.8 Å². The molecule has 0 saturated carbocycles. The third kappa shape index (κ3) is 5.15. The van der Waals surface area contributed by atoms with Crippen molar-refractivity contribution in [1.29, 1.82) is 0 Å². The molecular weight excluding hydrogens is 290 g/mol. The van der Waals surface area contributed by atoms with Gasteiger partial charge in [0.05, 0.1) is 0 Å². The minimum atomic E-state index is -0.488. The molecule has 0 aliphatic rings. The molecule has 1 rings (SSSR count). The van der Waals surface area contributed by atoms with Crippen LogP contribution in [0.25, 0.3) is 0 Å². The highest BCUT2D eigenvalue weighted by Gasteiger charge is 2.20. The van der Waals surface area contributed by atoms with Crippen molar-refractivity contribution in [3.63, 3.8) is 0 Å². The van der Waals surface area contributed by atoms with Crippen LogP contribution in [-0.4, -0.2) is 31.1 Å². The van der Waals surface area contributed by atoms with Gasteiger partial charge in [-0.2, -0.15) is 11.8 Å². The SMILES string of the molecule is CCC(CSC)N(C)c1c(F)cc(CNC(C)C)cc1F. The maximum absolute atomic E-state index is 14.3. The minimum Gasteiger partial charge on any atom is -0.366 e. The Hall–Kier alpha value is -0.810. The molecule has 0 aromatic heterocycles. The standard InChI is InChI=1S/C16H26F2N2S/c1-6-13(10-21-5)20(4)16-14(17)7-12(8-15(16)18)9-19-11(2)3/h7-8,11,13,19H,6,9-10H2,1-5H3. The highest BCUT2D eigenvalue weighted by atomic mass is 32.2. The number of anilines is 1. The Morgan fingerprint density at radius 1 is 1.24 bits per heavy atom. The number of rotatable bonds is 8. The molecule has 1 N–H and O–H groups in total. The van der Waals surface area contributed by atoms with E-state index in [0.717, 1.165) is 12.2 Å². The van der Waals surface area contributed by atoms with Crippen LogP contribution in [0.2, 0.25) is 0 Å². The number of halogens is 2. The largest absolute Gasteiger partial charge is 0.366 e. The summed E-state index contributed by atoms with van der Waals surface area (Å²) in [6.07, 6.45) is 2.86. The second kappa shape index (κ2) is 8.59.